The van der Waals surface area contributed by atoms with Crippen LogP contribution in [-0.2, 0) is 38.2 Å². The van der Waals surface area contributed by atoms with E-state index in [0.29, 0.717) is 6.42 Å². The topological polar surface area (TPSA) is 154 Å². The van der Waals surface area contributed by atoms with Crippen molar-refractivity contribution < 1.29 is 48.4 Å². The van der Waals surface area contributed by atoms with Crippen molar-refractivity contribution in [3.8, 4) is 0 Å². The van der Waals surface area contributed by atoms with Crippen molar-refractivity contribution in [3.63, 3.8) is 0 Å². The lowest BCUT2D eigenvalue weighted by Gasteiger charge is -2.15. The molecule has 146 valence electrons. The monoisotopic (exact) mass is 366 g/mol. The highest BCUT2D eigenvalue weighted by molar-refractivity contribution is 5.67. The number of hydrogen-bond acceptors (Lipinski definition) is 8. The number of carboxylic acids is 2. The predicted octanol–water partition coefficient (Wildman–Crippen LogP) is 1.01. The maximum Gasteiger partial charge on any atom is 0.303 e. The molecule has 10 nitrogen and oxygen atoms in total. The summed E-state index contributed by atoms with van der Waals surface area (Å²) < 4.78 is 14.0. The van der Waals surface area contributed by atoms with Gasteiger partial charge in [-0.1, -0.05) is 6.92 Å². The highest BCUT2D eigenvalue weighted by Crippen LogP contribution is 1.97. The van der Waals surface area contributed by atoms with E-state index in [1.165, 1.54) is 20.8 Å². The first-order valence-electron chi connectivity index (χ1n) is 7.27. The van der Waals surface area contributed by atoms with Crippen molar-refractivity contribution >= 4 is 29.8 Å². The molecule has 0 saturated heterocycles. The van der Waals surface area contributed by atoms with Gasteiger partial charge < -0.3 is 24.4 Å². The molecule has 0 radical (unpaired) electrons. The van der Waals surface area contributed by atoms with Gasteiger partial charge in [-0.15, -0.1) is 0 Å². The summed E-state index contributed by atoms with van der Waals surface area (Å²) >= 11 is 0. The number of hydrogen-bond donors (Lipinski definition) is 2. The molecule has 0 fully saturated rings. The Morgan fingerprint density at radius 2 is 1.16 bits per heavy atom. The zero-order valence-electron chi connectivity index (χ0n) is 15.1. The number of ether oxygens (including phenoxy) is 3. The maximum atomic E-state index is 10.6. The first-order valence-corrected chi connectivity index (χ1v) is 7.27. The number of aliphatic carboxylic acids is 2. The normalized spacial score (nSPS) is 8.72. The van der Waals surface area contributed by atoms with Crippen LogP contribution >= 0.6 is 0 Å². The van der Waals surface area contributed by atoms with E-state index in [-0.39, 0.29) is 13.2 Å². The fourth-order valence-electron chi connectivity index (χ4n) is 0.985. The molecule has 0 aliphatic heterocycles. The van der Waals surface area contributed by atoms with Crippen molar-refractivity contribution in [2.24, 2.45) is 0 Å². The quantitative estimate of drug-likeness (QED) is 0.492. The summed E-state index contributed by atoms with van der Waals surface area (Å²) in [5, 5.41) is 15.3. The van der Waals surface area contributed by atoms with E-state index in [1.54, 1.807) is 0 Å². The van der Waals surface area contributed by atoms with Crippen molar-refractivity contribution in [1.29, 1.82) is 0 Å². The molecule has 0 aliphatic carbocycles. The molecule has 2 N–H and O–H groups in total. The van der Waals surface area contributed by atoms with Crippen LogP contribution in [0.2, 0.25) is 0 Å². The second-order valence-electron chi connectivity index (χ2n) is 4.50. The molecular formula is C15H26O10. The van der Waals surface area contributed by atoms with Gasteiger partial charge in [0.25, 0.3) is 5.97 Å². The van der Waals surface area contributed by atoms with Crippen LogP contribution in [0.5, 0.6) is 0 Å². The first-order chi connectivity index (χ1) is 11.4. The lowest BCUT2D eigenvalue weighted by Crippen LogP contribution is -2.29. The van der Waals surface area contributed by atoms with Gasteiger partial charge >= 0.3 is 23.9 Å². The molecule has 0 saturated carbocycles. The zero-order valence-corrected chi connectivity index (χ0v) is 15.1. The second-order valence-corrected chi connectivity index (χ2v) is 4.50. The average molecular weight is 366 g/mol. The smallest absolute Gasteiger partial charge is 0.303 e. The Kier molecular flexibility index (Phi) is 19.3. The van der Waals surface area contributed by atoms with Gasteiger partial charge in [0.1, 0.15) is 13.2 Å². The van der Waals surface area contributed by atoms with Gasteiger partial charge in [0.05, 0.1) is 0 Å². The molecule has 0 bridgehead atoms. The summed E-state index contributed by atoms with van der Waals surface area (Å²) in [7, 11) is 0. The van der Waals surface area contributed by atoms with Gasteiger partial charge in [-0.2, -0.15) is 0 Å². The van der Waals surface area contributed by atoms with E-state index in [0.717, 1.165) is 13.3 Å². The lowest BCUT2D eigenvalue weighted by atomic mass is 10.4. The van der Waals surface area contributed by atoms with E-state index in [1.807, 2.05) is 6.92 Å². The van der Waals surface area contributed by atoms with Gasteiger partial charge in [0.15, 0.2) is 6.10 Å². The molecule has 25 heavy (non-hydrogen) atoms. The molecule has 0 atom stereocenters. The molecule has 0 aromatic rings. The van der Waals surface area contributed by atoms with Gasteiger partial charge in [-0.05, 0) is 6.42 Å². The summed E-state index contributed by atoms with van der Waals surface area (Å²) in [6, 6.07) is 0. The second kappa shape index (κ2) is 17.7. The van der Waals surface area contributed by atoms with Gasteiger partial charge in [-0.25, -0.2) is 0 Å². The van der Waals surface area contributed by atoms with E-state index in [2.05, 4.69) is 9.47 Å². The number of carboxylic acid groups (broad SMARTS) is 2. The third-order valence-electron chi connectivity index (χ3n) is 1.74. The van der Waals surface area contributed by atoms with Crippen LogP contribution in [0.4, 0.5) is 0 Å². The molecule has 0 aromatic carbocycles. The minimum Gasteiger partial charge on any atom is -0.481 e. The van der Waals surface area contributed by atoms with E-state index in [9.17, 15) is 19.2 Å². The fourth-order valence-corrected chi connectivity index (χ4v) is 0.985. The Bertz CT molecular complexity index is 408. The summed E-state index contributed by atoms with van der Waals surface area (Å²) in [6.07, 6.45) is 0.269. The van der Waals surface area contributed by atoms with Crippen LogP contribution in [0.25, 0.3) is 0 Å². The molecule has 0 aromatic heterocycles. The van der Waals surface area contributed by atoms with Gasteiger partial charge in [-0.3, -0.25) is 24.0 Å². The Hall–Kier alpha value is -2.65. The number of carbonyl (C=O) groups is 5. The lowest BCUT2D eigenvalue weighted by molar-refractivity contribution is -0.163. The van der Waals surface area contributed by atoms with Crippen LogP contribution in [0, 0.1) is 0 Å². The molecule has 0 heterocycles. The highest BCUT2D eigenvalue weighted by atomic mass is 16.6. The highest BCUT2D eigenvalue weighted by Gasteiger charge is 2.15. The molecule has 0 spiro atoms. The van der Waals surface area contributed by atoms with E-state index >= 15 is 0 Å². The standard InChI is InChI=1S/C9H14O6.C4H8O2.C2H4O2/c1-6(10)13-4-9(15-8(3)12)5-14-7(2)11;1-2-3-4(5)6;1-2(3)4/h9H,4-5H2,1-3H3;2-3H2,1H3,(H,5,6);1H3,(H,3,4). The zero-order chi connectivity index (χ0) is 20.4. The van der Waals surface area contributed by atoms with E-state index < -0.39 is 36.0 Å². The Labute approximate surface area is 146 Å². The van der Waals surface area contributed by atoms with Crippen molar-refractivity contribution in [1.82, 2.24) is 0 Å². The number of carbonyl (C=O) groups excluding carboxylic acids is 3. The van der Waals surface area contributed by atoms with Crippen LogP contribution in [0.1, 0.15) is 47.5 Å². The average Bonchev–Trinajstić information content (AvgIpc) is 2.41. The summed E-state index contributed by atoms with van der Waals surface area (Å²) in [5.41, 5.74) is 0. The summed E-state index contributed by atoms with van der Waals surface area (Å²) in [4.78, 5) is 50.2. The van der Waals surface area contributed by atoms with Crippen LogP contribution < -0.4 is 0 Å². The SMILES string of the molecule is CC(=O)O.CC(=O)OCC(COC(C)=O)OC(C)=O.CCCC(=O)O. The fraction of sp³-hybridized carbons (Fsp3) is 0.667. The van der Waals surface area contributed by atoms with Crippen LogP contribution in [0.15, 0.2) is 0 Å². The third kappa shape index (κ3) is 38.8. The molecule has 10 heteroatoms. The summed E-state index contributed by atoms with van der Waals surface area (Å²) in [5.74, 6) is -3.05. The van der Waals surface area contributed by atoms with Crippen LogP contribution in [-0.4, -0.2) is 59.4 Å². The molecule has 0 aliphatic rings. The molecule has 0 unspecified atom stereocenters. The largest absolute Gasteiger partial charge is 0.481 e. The Morgan fingerprint density at radius 3 is 1.32 bits per heavy atom. The number of esters is 3. The van der Waals surface area contributed by atoms with Crippen molar-refractivity contribution in [3.05, 3.63) is 0 Å². The van der Waals surface area contributed by atoms with Gasteiger partial charge in [0.2, 0.25) is 0 Å². The minimum absolute atomic E-state index is 0.123. The Balaban J connectivity index is -0.000000397. The predicted molar refractivity (Wildman–Crippen MR) is 84.7 cm³/mol. The molecular weight excluding hydrogens is 340 g/mol. The minimum atomic E-state index is -0.833. The summed E-state index contributed by atoms with van der Waals surface area (Å²) in [6.45, 7) is 6.36. The third-order valence-corrected chi connectivity index (χ3v) is 1.74. The van der Waals surface area contributed by atoms with Crippen LogP contribution in [0.3, 0.4) is 0 Å². The first kappa shape index (κ1) is 27.2. The molecule has 0 rings (SSSR count). The number of rotatable bonds is 7. The molecule has 0 amide bonds. The van der Waals surface area contributed by atoms with Crippen molar-refractivity contribution in [2.75, 3.05) is 13.2 Å². The van der Waals surface area contributed by atoms with E-state index in [4.69, 9.17) is 19.7 Å². The maximum absolute atomic E-state index is 10.6. The Morgan fingerprint density at radius 1 is 0.800 bits per heavy atom. The van der Waals surface area contributed by atoms with Crippen molar-refractivity contribution in [2.45, 2.75) is 53.6 Å². The van der Waals surface area contributed by atoms with Gasteiger partial charge in [0, 0.05) is 34.1 Å².